The second kappa shape index (κ2) is 6.60. The van der Waals surface area contributed by atoms with E-state index in [0.717, 1.165) is 5.75 Å². The molecule has 0 unspecified atom stereocenters. The van der Waals surface area contributed by atoms with E-state index in [-0.39, 0.29) is 0 Å². The molecule has 0 fully saturated rings. The normalized spacial score (nSPS) is 13.9. The largest absolute Gasteiger partial charge is 0.497 e. The molecule has 0 bridgehead atoms. The summed E-state index contributed by atoms with van der Waals surface area (Å²) in [7, 11) is 1.74. The summed E-state index contributed by atoms with van der Waals surface area (Å²) in [5, 5.41) is 0. The third-order valence-corrected chi connectivity index (χ3v) is 6.11. The second-order valence-electron chi connectivity index (χ2n) is 7.69. The zero-order valence-electron chi connectivity index (χ0n) is 16.7. The van der Waals surface area contributed by atoms with Gasteiger partial charge in [-0.15, -0.1) is 0 Å². The van der Waals surface area contributed by atoms with E-state index in [1.165, 1.54) is 55.7 Å². The molecule has 2 aliphatic rings. The molecule has 6 rings (SSSR count). The molecule has 0 radical (unpaired) electrons. The first-order chi connectivity index (χ1) is 14.9. The minimum atomic E-state index is 0.887. The molecular weight excluding hydrogens is 364 g/mol. The molecule has 4 aromatic carbocycles. The molecular formula is C29H20O. The lowest BCUT2D eigenvalue weighted by molar-refractivity contribution is 0.414. The molecule has 0 amide bonds. The number of ether oxygens (including phenoxy) is 1. The molecule has 142 valence electrons. The summed E-state index contributed by atoms with van der Waals surface area (Å²) in [5.74, 6) is 0.887. The average Bonchev–Trinajstić information content (AvgIpc) is 3.32. The minimum Gasteiger partial charge on any atom is -0.497 e. The highest BCUT2D eigenvalue weighted by molar-refractivity contribution is 6.35. The van der Waals surface area contributed by atoms with Gasteiger partial charge in [0.2, 0.25) is 0 Å². The first-order valence-corrected chi connectivity index (χ1v) is 10.2. The summed E-state index contributed by atoms with van der Waals surface area (Å²) in [6, 6.07) is 36.7. The molecule has 0 aromatic heterocycles. The van der Waals surface area contributed by atoms with Crippen LogP contribution in [-0.4, -0.2) is 7.11 Å². The maximum absolute atomic E-state index is 5.61. The molecule has 0 N–H and O–H groups in total. The van der Waals surface area contributed by atoms with Gasteiger partial charge < -0.3 is 4.74 Å². The van der Waals surface area contributed by atoms with Crippen LogP contribution in [0.15, 0.2) is 103 Å². The van der Waals surface area contributed by atoms with Crippen molar-refractivity contribution in [2.75, 3.05) is 7.11 Å². The van der Waals surface area contributed by atoms with E-state index in [2.05, 4.69) is 103 Å². The molecule has 0 atom stereocenters. The molecule has 1 nitrogen and oxygen atoms in total. The van der Waals surface area contributed by atoms with E-state index < -0.39 is 0 Å². The summed E-state index contributed by atoms with van der Waals surface area (Å²) in [6.07, 6.45) is 0. The summed E-state index contributed by atoms with van der Waals surface area (Å²) >= 11 is 0. The summed E-state index contributed by atoms with van der Waals surface area (Å²) in [6.45, 7) is 0. The Morgan fingerprint density at radius 1 is 0.433 bits per heavy atom. The van der Waals surface area contributed by atoms with Crippen molar-refractivity contribution < 1.29 is 4.74 Å². The van der Waals surface area contributed by atoms with Gasteiger partial charge in [-0.3, -0.25) is 0 Å². The maximum Gasteiger partial charge on any atom is 0.119 e. The van der Waals surface area contributed by atoms with Gasteiger partial charge in [0.1, 0.15) is 5.75 Å². The van der Waals surface area contributed by atoms with Gasteiger partial charge in [-0.05, 0) is 67.8 Å². The average molecular weight is 384 g/mol. The van der Waals surface area contributed by atoms with Gasteiger partial charge in [0.25, 0.3) is 0 Å². The van der Waals surface area contributed by atoms with Crippen molar-refractivity contribution in [1.82, 2.24) is 0 Å². The number of fused-ring (bicyclic) bond motifs is 5. The first kappa shape index (κ1) is 17.1. The van der Waals surface area contributed by atoms with Gasteiger partial charge >= 0.3 is 0 Å². The standard InChI is InChI=1S/C29H20O/c1-30-21-16-17-24-25(18-21)29-26(19-10-4-2-5-11-19)22-14-8-9-15-23(22)28(29)27(24)20-12-6-3-7-13-20/h2-18H,1H3. The molecule has 0 spiro atoms. The van der Waals surface area contributed by atoms with Gasteiger partial charge in [-0.1, -0.05) is 91.0 Å². The summed E-state index contributed by atoms with van der Waals surface area (Å²) in [4.78, 5) is 0. The smallest absolute Gasteiger partial charge is 0.119 e. The van der Waals surface area contributed by atoms with Crippen LogP contribution >= 0.6 is 0 Å². The van der Waals surface area contributed by atoms with E-state index >= 15 is 0 Å². The maximum atomic E-state index is 5.61. The van der Waals surface area contributed by atoms with Crippen LogP contribution in [0.25, 0.3) is 22.3 Å². The van der Waals surface area contributed by atoms with Crippen molar-refractivity contribution in [2.24, 2.45) is 0 Å². The van der Waals surface area contributed by atoms with E-state index in [0.29, 0.717) is 0 Å². The van der Waals surface area contributed by atoms with Crippen molar-refractivity contribution in [3.8, 4) is 5.75 Å². The minimum absolute atomic E-state index is 0.887. The molecule has 0 aliphatic heterocycles. The molecule has 1 heteroatoms. The van der Waals surface area contributed by atoms with Crippen LogP contribution in [0.2, 0.25) is 0 Å². The predicted octanol–water partition coefficient (Wildman–Crippen LogP) is 6.94. The van der Waals surface area contributed by atoms with Crippen LogP contribution in [0.1, 0.15) is 33.4 Å². The number of hydrogen-bond donors (Lipinski definition) is 0. The van der Waals surface area contributed by atoms with Gasteiger partial charge in [-0.2, -0.15) is 0 Å². The molecule has 0 heterocycles. The van der Waals surface area contributed by atoms with Crippen molar-refractivity contribution in [1.29, 1.82) is 0 Å². The Hall–Kier alpha value is -3.84. The lowest BCUT2D eigenvalue weighted by Gasteiger charge is -2.12. The topological polar surface area (TPSA) is 9.23 Å². The van der Waals surface area contributed by atoms with Crippen LogP contribution in [0.4, 0.5) is 0 Å². The van der Waals surface area contributed by atoms with Crippen LogP contribution in [-0.2, 0) is 0 Å². The van der Waals surface area contributed by atoms with Crippen molar-refractivity contribution in [3.63, 3.8) is 0 Å². The number of benzene rings is 4. The van der Waals surface area contributed by atoms with Gasteiger partial charge in [0.05, 0.1) is 7.11 Å². The van der Waals surface area contributed by atoms with Crippen LogP contribution in [0.5, 0.6) is 5.75 Å². The Morgan fingerprint density at radius 2 is 0.900 bits per heavy atom. The van der Waals surface area contributed by atoms with E-state index in [4.69, 9.17) is 4.74 Å². The first-order valence-electron chi connectivity index (χ1n) is 10.2. The zero-order chi connectivity index (χ0) is 20.1. The predicted molar refractivity (Wildman–Crippen MR) is 124 cm³/mol. The van der Waals surface area contributed by atoms with Crippen molar-refractivity contribution in [2.45, 2.75) is 0 Å². The van der Waals surface area contributed by atoms with Crippen molar-refractivity contribution in [3.05, 3.63) is 137 Å². The molecule has 2 aliphatic carbocycles. The third-order valence-electron chi connectivity index (χ3n) is 6.11. The van der Waals surface area contributed by atoms with E-state index in [9.17, 15) is 0 Å². The summed E-state index contributed by atoms with van der Waals surface area (Å²) in [5.41, 5.74) is 12.9. The molecule has 0 saturated heterocycles. The Labute approximate surface area is 176 Å². The van der Waals surface area contributed by atoms with Gasteiger partial charge in [-0.25, -0.2) is 0 Å². The lowest BCUT2D eigenvalue weighted by Crippen LogP contribution is -1.93. The Bertz CT molecular complexity index is 1340. The Kier molecular flexibility index (Phi) is 3.75. The van der Waals surface area contributed by atoms with Crippen LogP contribution in [0, 0.1) is 0 Å². The van der Waals surface area contributed by atoms with Crippen LogP contribution < -0.4 is 4.74 Å². The highest BCUT2D eigenvalue weighted by Gasteiger charge is 2.37. The van der Waals surface area contributed by atoms with Gasteiger partial charge in [0, 0.05) is 0 Å². The quantitative estimate of drug-likeness (QED) is 0.372. The van der Waals surface area contributed by atoms with Crippen molar-refractivity contribution >= 4 is 22.3 Å². The fourth-order valence-corrected chi connectivity index (χ4v) is 4.86. The van der Waals surface area contributed by atoms with E-state index in [1.54, 1.807) is 7.11 Å². The van der Waals surface area contributed by atoms with Crippen LogP contribution in [0.3, 0.4) is 0 Å². The third kappa shape index (κ3) is 2.36. The monoisotopic (exact) mass is 384 g/mol. The number of rotatable bonds is 3. The fourth-order valence-electron chi connectivity index (χ4n) is 4.86. The lowest BCUT2D eigenvalue weighted by atomic mass is 9.92. The van der Waals surface area contributed by atoms with E-state index in [1.807, 2.05) is 0 Å². The molecule has 0 saturated carbocycles. The Morgan fingerprint density at radius 3 is 1.47 bits per heavy atom. The second-order valence-corrected chi connectivity index (χ2v) is 7.69. The highest BCUT2D eigenvalue weighted by Crippen LogP contribution is 2.58. The van der Waals surface area contributed by atoms with Gasteiger partial charge in [0.15, 0.2) is 0 Å². The number of hydrogen-bond acceptors (Lipinski definition) is 1. The molecule has 30 heavy (non-hydrogen) atoms. The molecule has 4 aromatic rings. The Balaban J connectivity index is 1.77. The summed E-state index contributed by atoms with van der Waals surface area (Å²) < 4.78 is 5.61. The zero-order valence-corrected chi connectivity index (χ0v) is 16.7. The number of allylic oxidation sites excluding steroid dienone is 2. The highest BCUT2D eigenvalue weighted by atomic mass is 16.5. The number of methoxy groups -OCH3 is 1. The fraction of sp³-hybridized carbons (Fsp3) is 0.0345. The SMILES string of the molecule is COc1ccc2c(c1)C1=C(c3ccccc3)c3ccccc3C1=C2c1ccccc1.